The Morgan fingerprint density at radius 1 is 0.957 bits per heavy atom. The number of allylic oxidation sites excluding steroid dienone is 2. The molecule has 0 aromatic carbocycles. The zero-order valence-electron chi connectivity index (χ0n) is 14.2. The summed E-state index contributed by atoms with van der Waals surface area (Å²) < 4.78 is 0. The van der Waals surface area contributed by atoms with E-state index in [2.05, 4.69) is 18.4 Å². The molecule has 0 unspecified atom stereocenters. The van der Waals surface area contributed by atoms with E-state index >= 15 is 0 Å². The van der Waals surface area contributed by atoms with E-state index < -0.39 is 0 Å². The normalized spacial score (nSPS) is 42.6. The van der Waals surface area contributed by atoms with Gasteiger partial charge >= 0.3 is 0 Å². The van der Waals surface area contributed by atoms with Gasteiger partial charge in [0.1, 0.15) is 0 Å². The lowest BCUT2D eigenvalue weighted by atomic mass is 9.53. The summed E-state index contributed by atoms with van der Waals surface area (Å²) in [6.07, 6.45) is 16.3. The van der Waals surface area contributed by atoms with Crippen LogP contribution in [0.1, 0.15) is 71.1 Å². The fraction of sp³-hybridized carbons (Fsp3) is 0.750. The van der Waals surface area contributed by atoms with Crippen molar-refractivity contribution < 1.29 is 0 Å². The van der Waals surface area contributed by atoms with Gasteiger partial charge in [-0.3, -0.25) is 4.99 Å². The Morgan fingerprint density at radius 2 is 1.52 bits per heavy atom. The minimum atomic E-state index is 0. The maximum absolute atomic E-state index is 4.89. The van der Waals surface area contributed by atoms with Crippen LogP contribution in [0.4, 0.5) is 0 Å². The molecular weight excluding hydrogens is 304 g/mol. The predicted molar refractivity (Wildman–Crippen MR) is 98.0 cm³/mol. The molecule has 6 rings (SSSR count). The monoisotopic (exact) mass is 332 g/mol. The largest absolute Gasteiger partial charge is 0.384 e. The molecule has 0 aromatic rings. The zero-order valence-corrected chi connectivity index (χ0v) is 15.1. The van der Waals surface area contributed by atoms with Crippen molar-refractivity contribution in [3.63, 3.8) is 0 Å². The van der Waals surface area contributed by atoms with Gasteiger partial charge in [0.15, 0.2) is 0 Å². The first-order chi connectivity index (χ1) is 10.7. The van der Waals surface area contributed by atoms with Crippen LogP contribution in [0.2, 0.25) is 0 Å². The maximum Gasteiger partial charge on any atom is 0.0824 e. The number of rotatable bonds is 2. The maximum atomic E-state index is 4.89. The third-order valence-electron chi connectivity index (χ3n) is 7.06. The topological polar surface area (TPSA) is 24.4 Å². The summed E-state index contributed by atoms with van der Waals surface area (Å²) in [7, 11) is 0. The smallest absolute Gasteiger partial charge is 0.0824 e. The van der Waals surface area contributed by atoms with E-state index in [0.29, 0.717) is 5.54 Å². The quantitative estimate of drug-likeness (QED) is 0.742. The lowest BCUT2D eigenvalue weighted by Crippen LogP contribution is -2.57. The molecule has 0 saturated heterocycles. The molecular formula is C20H29ClN2. The van der Waals surface area contributed by atoms with Crippen LogP contribution in [0.5, 0.6) is 0 Å². The second kappa shape index (κ2) is 5.65. The van der Waals surface area contributed by atoms with Gasteiger partial charge in [-0.15, -0.1) is 12.4 Å². The van der Waals surface area contributed by atoms with Gasteiger partial charge in [-0.25, -0.2) is 0 Å². The molecule has 0 amide bonds. The summed E-state index contributed by atoms with van der Waals surface area (Å²) in [5, 5.41) is 3.92. The van der Waals surface area contributed by atoms with Crippen LogP contribution in [0.3, 0.4) is 0 Å². The Labute approximate surface area is 146 Å². The summed E-state index contributed by atoms with van der Waals surface area (Å²) in [6, 6.07) is 0. The Morgan fingerprint density at radius 3 is 2.13 bits per heavy atom. The molecule has 6 aliphatic rings. The molecule has 3 heteroatoms. The predicted octanol–water partition coefficient (Wildman–Crippen LogP) is 5.15. The van der Waals surface area contributed by atoms with Gasteiger partial charge in [0, 0.05) is 17.5 Å². The van der Waals surface area contributed by atoms with E-state index in [9.17, 15) is 0 Å². The molecule has 4 saturated carbocycles. The minimum Gasteiger partial charge on any atom is -0.384 e. The Kier molecular flexibility index (Phi) is 3.87. The average molecular weight is 333 g/mol. The second-order valence-corrected chi connectivity index (χ2v) is 8.73. The fourth-order valence-corrected chi connectivity index (χ4v) is 6.53. The van der Waals surface area contributed by atoms with E-state index in [1.165, 1.54) is 75.6 Å². The van der Waals surface area contributed by atoms with Crippen LogP contribution in [-0.2, 0) is 0 Å². The summed E-state index contributed by atoms with van der Waals surface area (Å²) in [5.74, 6) is 3.03. The van der Waals surface area contributed by atoms with Crippen LogP contribution >= 0.6 is 12.4 Å². The van der Waals surface area contributed by atoms with E-state index in [-0.39, 0.29) is 12.4 Å². The van der Waals surface area contributed by atoms with Gasteiger partial charge in [-0.2, -0.15) is 0 Å². The Bertz CT molecular complexity index is 563. The highest BCUT2D eigenvalue weighted by Gasteiger charge is 2.50. The first-order valence-electron chi connectivity index (χ1n) is 9.47. The minimum absolute atomic E-state index is 0. The highest BCUT2D eigenvalue weighted by atomic mass is 35.5. The van der Waals surface area contributed by atoms with Crippen molar-refractivity contribution in [2.75, 3.05) is 0 Å². The number of nitrogens with one attached hydrogen (secondary N) is 1. The van der Waals surface area contributed by atoms with Crippen LogP contribution in [0, 0.1) is 17.8 Å². The molecule has 126 valence electrons. The van der Waals surface area contributed by atoms with Crippen LogP contribution in [-0.4, -0.2) is 11.3 Å². The lowest BCUT2D eigenvalue weighted by Gasteiger charge is -2.57. The molecule has 1 N–H and O–H groups in total. The number of nitrogens with zero attached hydrogens (tertiary/aromatic N) is 1. The average Bonchev–Trinajstić information content (AvgIpc) is 2.81. The van der Waals surface area contributed by atoms with E-state index in [1.807, 2.05) is 0 Å². The molecule has 23 heavy (non-hydrogen) atoms. The first-order valence-corrected chi connectivity index (χ1v) is 9.47. The number of hydrogen-bond donors (Lipinski definition) is 1. The van der Waals surface area contributed by atoms with Crippen molar-refractivity contribution in [2.45, 2.75) is 76.7 Å². The fourth-order valence-electron chi connectivity index (χ4n) is 6.53. The van der Waals surface area contributed by atoms with Gasteiger partial charge < -0.3 is 5.32 Å². The highest BCUT2D eigenvalue weighted by Crippen LogP contribution is 2.55. The highest BCUT2D eigenvalue weighted by molar-refractivity contribution is 6.03. The molecule has 1 heterocycles. The van der Waals surface area contributed by atoms with Gasteiger partial charge in [-0.05, 0) is 100 Å². The van der Waals surface area contributed by atoms with Crippen molar-refractivity contribution in [2.24, 2.45) is 22.7 Å². The van der Waals surface area contributed by atoms with Gasteiger partial charge in [0.05, 0.1) is 5.70 Å². The third-order valence-corrected chi connectivity index (χ3v) is 7.06. The number of aliphatic imine (C=N–C) groups is 1. The summed E-state index contributed by atoms with van der Waals surface area (Å²) >= 11 is 0. The van der Waals surface area contributed by atoms with Gasteiger partial charge in [-0.1, -0.05) is 0 Å². The SMILES string of the molecule is CC1=NC(=CNC23CC4CC(CC(C4)C2)C3)C2=C1CCCC2.Cl. The van der Waals surface area contributed by atoms with E-state index in [4.69, 9.17) is 4.99 Å². The molecule has 0 radical (unpaired) electrons. The molecule has 0 aromatic heterocycles. The molecule has 4 bridgehead atoms. The number of hydrogen-bond acceptors (Lipinski definition) is 2. The molecule has 0 atom stereocenters. The van der Waals surface area contributed by atoms with Crippen molar-refractivity contribution in [3.8, 4) is 0 Å². The Balaban J connectivity index is 0.00000135. The summed E-state index contributed by atoms with van der Waals surface area (Å²) in [4.78, 5) is 4.89. The molecule has 5 aliphatic carbocycles. The Hall–Kier alpha value is -0.760. The van der Waals surface area contributed by atoms with Crippen molar-refractivity contribution in [3.05, 3.63) is 23.0 Å². The lowest BCUT2D eigenvalue weighted by molar-refractivity contribution is -0.0130. The molecule has 4 fully saturated rings. The molecule has 2 nitrogen and oxygen atoms in total. The van der Waals surface area contributed by atoms with Gasteiger partial charge in [0.2, 0.25) is 0 Å². The summed E-state index contributed by atoms with van der Waals surface area (Å²) in [5.41, 5.74) is 6.09. The molecule has 1 aliphatic heterocycles. The number of halogens is 1. The van der Waals surface area contributed by atoms with Crippen molar-refractivity contribution in [1.82, 2.24) is 5.32 Å². The van der Waals surface area contributed by atoms with Crippen LogP contribution < -0.4 is 5.32 Å². The van der Waals surface area contributed by atoms with E-state index in [0.717, 1.165) is 17.8 Å². The van der Waals surface area contributed by atoms with Crippen molar-refractivity contribution in [1.29, 1.82) is 0 Å². The van der Waals surface area contributed by atoms with Gasteiger partial charge in [0.25, 0.3) is 0 Å². The summed E-state index contributed by atoms with van der Waals surface area (Å²) in [6.45, 7) is 2.20. The molecule has 0 spiro atoms. The standard InChI is InChI=1S/C20H28N2.ClH/c1-13-17-4-2-3-5-18(17)19(22-13)12-21-20-9-14-6-15(10-20)8-16(7-14)11-20;/h12,14-16,21H,2-11H2,1H3;1H. The van der Waals surface area contributed by atoms with Crippen LogP contribution in [0.25, 0.3) is 0 Å². The van der Waals surface area contributed by atoms with E-state index in [1.54, 1.807) is 11.1 Å². The second-order valence-electron chi connectivity index (χ2n) is 8.73. The van der Waals surface area contributed by atoms with Crippen molar-refractivity contribution >= 4 is 18.1 Å². The zero-order chi connectivity index (χ0) is 14.7. The first kappa shape index (κ1) is 15.7. The third kappa shape index (κ3) is 2.58. The van der Waals surface area contributed by atoms with Crippen LogP contribution in [0.15, 0.2) is 28.0 Å².